The Hall–Kier alpha value is -2.93. The van der Waals surface area contributed by atoms with Gasteiger partial charge in [-0.2, -0.15) is 0 Å². The third-order valence-corrected chi connectivity index (χ3v) is 6.07. The SMILES string of the molecule is COC(=O)c1ccc(O[C@@H]2C[C@@H]3CN(C(=O)c4cc(C)ccn4)C[C@@H]3C[C@H]2O)cc1. The van der Waals surface area contributed by atoms with E-state index in [0.29, 0.717) is 42.9 Å². The molecule has 1 aliphatic heterocycles. The molecular formula is C23H26N2O5. The molecule has 1 saturated heterocycles. The maximum Gasteiger partial charge on any atom is 0.337 e. The average molecular weight is 410 g/mol. The number of hydrogen-bond acceptors (Lipinski definition) is 6. The fraction of sp³-hybridized carbons (Fsp3) is 0.435. The Kier molecular flexibility index (Phi) is 5.72. The number of aliphatic hydroxyl groups excluding tert-OH is 1. The molecule has 1 amide bonds. The van der Waals surface area contributed by atoms with Crippen LogP contribution in [0.3, 0.4) is 0 Å². The first kappa shape index (κ1) is 20.3. The largest absolute Gasteiger partial charge is 0.488 e. The fourth-order valence-corrected chi connectivity index (χ4v) is 4.46. The lowest BCUT2D eigenvalue weighted by Crippen LogP contribution is -2.42. The number of carbonyl (C=O) groups excluding carboxylic acids is 2. The first-order valence-electron chi connectivity index (χ1n) is 10.2. The molecule has 7 heteroatoms. The molecule has 0 unspecified atom stereocenters. The van der Waals surface area contributed by atoms with E-state index in [-0.39, 0.29) is 23.8 Å². The molecule has 7 nitrogen and oxygen atoms in total. The lowest BCUT2D eigenvalue weighted by Gasteiger charge is -2.35. The van der Waals surface area contributed by atoms with E-state index in [1.165, 1.54) is 7.11 Å². The minimum atomic E-state index is -0.598. The number of rotatable bonds is 4. The van der Waals surface area contributed by atoms with Crippen molar-refractivity contribution in [1.29, 1.82) is 0 Å². The number of carbonyl (C=O) groups is 2. The summed E-state index contributed by atoms with van der Waals surface area (Å²) in [5, 5.41) is 10.6. The molecule has 0 radical (unpaired) electrons. The van der Waals surface area contributed by atoms with E-state index in [1.54, 1.807) is 30.5 Å². The molecular weight excluding hydrogens is 384 g/mol. The van der Waals surface area contributed by atoms with E-state index in [2.05, 4.69) is 4.98 Å². The van der Waals surface area contributed by atoms with Crippen molar-refractivity contribution in [2.24, 2.45) is 11.8 Å². The summed E-state index contributed by atoms with van der Waals surface area (Å²) in [6, 6.07) is 10.4. The number of ether oxygens (including phenoxy) is 2. The Labute approximate surface area is 175 Å². The Morgan fingerprint density at radius 3 is 2.47 bits per heavy atom. The molecule has 0 bridgehead atoms. The number of amides is 1. The molecule has 158 valence electrons. The average Bonchev–Trinajstić information content (AvgIpc) is 3.16. The third kappa shape index (κ3) is 4.16. The van der Waals surface area contributed by atoms with Crippen LogP contribution >= 0.6 is 0 Å². The monoisotopic (exact) mass is 410 g/mol. The Balaban J connectivity index is 1.40. The number of fused-ring (bicyclic) bond motifs is 1. The summed E-state index contributed by atoms with van der Waals surface area (Å²) in [5.74, 6) is 0.677. The van der Waals surface area contributed by atoms with Crippen LogP contribution in [-0.2, 0) is 4.74 Å². The number of nitrogens with zero attached hydrogens (tertiary/aromatic N) is 2. The van der Waals surface area contributed by atoms with Gasteiger partial charge in [-0.1, -0.05) is 0 Å². The fourth-order valence-electron chi connectivity index (χ4n) is 4.46. The van der Waals surface area contributed by atoms with Crippen LogP contribution in [-0.4, -0.2) is 59.3 Å². The van der Waals surface area contributed by atoms with E-state index in [9.17, 15) is 14.7 Å². The van der Waals surface area contributed by atoms with Crippen molar-refractivity contribution < 1.29 is 24.2 Å². The van der Waals surface area contributed by atoms with Crippen molar-refractivity contribution in [1.82, 2.24) is 9.88 Å². The van der Waals surface area contributed by atoms with E-state index in [4.69, 9.17) is 9.47 Å². The number of aryl methyl sites for hydroxylation is 1. The quantitative estimate of drug-likeness (QED) is 0.779. The topological polar surface area (TPSA) is 89.0 Å². The number of benzene rings is 1. The number of methoxy groups -OCH3 is 1. The highest BCUT2D eigenvalue weighted by molar-refractivity contribution is 5.92. The molecule has 4 atom stereocenters. The van der Waals surface area contributed by atoms with Gasteiger partial charge in [0, 0.05) is 19.3 Å². The Morgan fingerprint density at radius 2 is 1.80 bits per heavy atom. The van der Waals surface area contributed by atoms with Crippen LogP contribution in [0.5, 0.6) is 5.75 Å². The number of aromatic nitrogens is 1. The molecule has 1 aromatic heterocycles. The highest BCUT2D eigenvalue weighted by Crippen LogP contribution is 2.38. The Morgan fingerprint density at radius 1 is 1.10 bits per heavy atom. The van der Waals surface area contributed by atoms with E-state index < -0.39 is 12.1 Å². The number of hydrogen-bond donors (Lipinski definition) is 1. The van der Waals surface area contributed by atoms with Crippen LogP contribution < -0.4 is 4.74 Å². The molecule has 2 aliphatic rings. The summed E-state index contributed by atoms with van der Waals surface area (Å²) in [6.45, 7) is 3.22. The number of pyridine rings is 1. The summed E-state index contributed by atoms with van der Waals surface area (Å²) in [7, 11) is 1.34. The molecule has 2 aromatic rings. The zero-order valence-corrected chi connectivity index (χ0v) is 17.2. The van der Waals surface area contributed by atoms with Gasteiger partial charge in [0.15, 0.2) is 0 Å². The van der Waals surface area contributed by atoms with Gasteiger partial charge < -0.3 is 19.5 Å². The zero-order chi connectivity index (χ0) is 21.3. The summed E-state index contributed by atoms with van der Waals surface area (Å²) in [5.41, 5.74) is 1.92. The van der Waals surface area contributed by atoms with Crippen LogP contribution in [0.25, 0.3) is 0 Å². The molecule has 1 saturated carbocycles. The van der Waals surface area contributed by atoms with Crippen LogP contribution in [0.4, 0.5) is 0 Å². The maximum atomic E-state index is 12.8. The second-order valence-corrected chi connectivity index (χ2v) is 8.16. The Bertz CT molecular complexity index is 929. The summed E-state index contributed by atoms with van der Waals surface area (Å²) >= 11 is 0. The van der Waals surface area contributed by atoms with Crippen molar-refractivity contribution in [2.75, 3.05) is 20.2 Å². The third-order valence-electron chi connectivity index (χ3n) is 6.07. The van der Waals surface area contributed by atoms with Gasteiger partial charge in [0.25, 0.3) is 5.91 Å². The van der Waals surface area contributed by atoms with Gasteiger partial charge in [-0.15, -0.1) is 0 Å². The predicted octanol–water partition coefficient (Wildman–Crippen LogP) is 2.47. The number of likely N-dealkylation sites (tertiary alicyclic amines) is 1. The van der Waals surface area contributed by atoms with Gasteiger partial charge in [-0.3, -0.25) is 9.78 Å². The minimum absolute atomic E-state index is 0.0570. The first-order valence-corrected chi connectivity index (χ1v) is 10.2. The normalized spacial score (nSPS) is 25.5. The summed E-state index contributed by atoms with van der Waals surface area (Å²) in [4.78, 5) is 30.5. The van der Waals surface area contributed by atoms with Gasteiger partial charge in [0.1, 0.15) is 17.5 Å². The van der Waals surface area contributed by atoms with E-state index in [0.717, 1.165) is 5.56 Å². The van der Waals surface area contributed by atoms with Crippen LogP contribution in [0.1, 0.15) is 39.3 Å². The number of esters is 1. The van der Waals surface area contributed by atoms with Crippen molar-refractivity contribution in [2.45, 2.75) is 32.0 Å². The second-order valence-electron chi connectivity index (χ2n) is 8.16. The van der Waals surface area contributed by atoms with Gasteiger partial charge in [-0.05, 0) is 73.6 Å². The van der Waals surface area contributed by atoms with Crippen molar-refractivity contribution in [3.63, 3.8) is 0 Å². The van der Waals surface area contributed by atoms with Crippen LogP contribution in [0.15, 0.2) is 42.6 Å². The van der Waals surface area contributed by atoms with Crippen molar-refractivity contribution in [3.8, 4) is 5.75 Å². The van der Waals surface area contributed by atoms with Gasteiger partial charge >= 0.3 is 5.97 Å². The minimum Gasteiger partial charge on any atom is -0.488 e. The van der Waals surface area contributed by atoms with Crippen LogP contribution in [0.2, 0.25) is 0 Å². The van der Waals surface area contributed by atoms with Gasteiger partial charge in [0.05, 0.1) is 18.8 Å². The zero-order valence-electron chi connectivity index (χ0n) is 17.2. The summed E-state index contributed by atoms with van der Waals surface area (Å²) < 4.78 is 10.7. The molecule has 0 spiro atoms. The second kappa shape index (κ2) is 8.44. The van der Waals surface area contributed by atoms with Gasteiger partial charge in [-0.25, -0.2) is 4.79 Å². The van der Waals surface area contributed by atoms with Crippen molar-refractivity contribution >= 4 is 11.9 Å². The maximum absolute atomic E-state index is 12.8. The summed E-state index contributed by atoms with van der Waals surface area (Å²) in [6.07, 6.45) is 1.99. The van der Waals surface area contributed by atoms with E-state index >= 15 is 0 Å². The molecule has 1 aliphatic carbocycles. The molecule has 30 heavy (non-hydrogen) atoms. The van der Waals surface area contributed by atoms with Crippen LogP contribution in [0, 0.1) is 18.8 Å². The van der Waals surface area contributed by atoms with Crippen molar-refractivity contribution in [3.05, 3.63) is 59.4 Å². The molecule has 1 aromatic carbocycles. The predicted molar refractivity (Wildman–Crippen MR) is 109 cm³/mol. The first-order chi connectivity index (χ1) is 14.4. The number of aliphatic hydroxyl groups is 1. The lowest BCUT2D eigenvalue weighted by molar-refractivity contribution is -0.0231. The van der Waals surface area contributed by atoms with Gasteiger partial charge in [0.2, 0.25) is 0 Å². The standard InChI is InChI=1S/C23H26N2O5/c1-14-7-8-24-19(9-14)22(27)25-12-16-10-20(26)21(11-17(16)13-25)30-18-5-3-15(4-6-18)23(28)29-2/h3-9,16-17,20-21,26H,10-13H2,1-2H3/t16-,17+,20+,21+/m0/s1. The molecule has 2 heterocycles. The smallest absolute Gasteiger partial charge is 0.337 e. The van der Waals surface area contributed by atoms with E-state index in [1.807, 2.05) is 24.0 Å². The molecule has 2 fully saturated rings. The lowest BCUT2D eigenvalue weighted by atomic mass is 9.78. The molecule has 1 N–H and O–H groups in total. The molecule has 4 rings (SSSR count). The highest BCUT2D eigenvalue weighted by Gasteiger charge is 2.44. The highest BCUT2D eigenvalue weighted by atomic mass is 16.5.